The largest absolute Gasteiger partial charge is 0.494 e. The molecule has 2 atom stereocenters. The molecule has 0 radical (unpaired) electrons. The molecule has 9 nitrogen and oxygen atoms in total. The molecule has 0 bridgehead atoms. The first kappa shape index (κ1) is 35.3. The molecule has 1 heterocycles. The summed E-state index contributed by atoms with van der Waals surface area (Å²) in [7, 11) is -3.86. The van der Waals surface area contributed by atoms with Crippen molar-refractivity contribution in [3.05, 3.63) is 130 Å². The summed E-state index contributed by atoms with van der Waals surface area (Å²) in [5.74, 6) is -0.839. The Hall–Kier alpha value is -4.00. The van der Waals surface area contributed by atoms with Crippen LogP contribution in [0.3, 0.4) is 0 Å². The second-order valence-corrected chi connectivity index (χ2v) is 14.0. The number of carbonyl (C=O) groups is 1. The van der Waals surface area contributed by atoms with E-state index in [-0.39, 0.29) is 47.6 Å². The van der Waals surface area contributed by atoms with Crippen LogP contribution >= 0.6 is 23.2 Å². The van der Waals surface area contributed by atoms with E-state index in [1.165, 1.54) is 24.3 Å². The lowest BCUT2D eigenvalue weighted by Crippen LogP contribution is -2.53. The van der Waals surface area contributed by atoms with Crippen LogP contribution in [0.5, 0.6) is 5.75 Å². The van der Waals surface area contributed by atoms with E-state index in [1.807, 2.05) is 0 Å². The van der Waals surface area contributed by atoms with Gasteiger partial charge in [0.05, 0.1) is 17.3 Å². The maximum Gasteiger partial charge on any atom is 0.266 e. The van der Waals surface area contributed by atoms with Crippen LogP contribution in [0, 0.1) is 5.82 Å². The Labute approximate surface area is 288 Å². The number of nitrogens with zero attached hydrogens (tertiary/aromatic N) is 1. The minimum atomic E-state index is -3.86. The summed E-state index contributed by atoms with van der Waals surface area (Å²) in [6, 6.07) is 25.8. The highest BCUT2D eigenvalue weighted by Gasteiger charge is 2.54. The number of rotatable bonds is 15. The van der Waals surface area contributed by atoms with Crippen molar-refractivity contribution in [2.45, 2.75) is 35.8 Å². The Morgan fingerprint density at radius 2 is 1.73 bits per heavy atom. The monoisotopic (exact) mass is 713 g/mol. The van der Waals surface area contributed by atoms with E-state index in [9.17, 15) is 17.6 Å². The van der Waals surface area contributed by atoms with E-state index >= 15 is 0 Å². The van der Waals surface area contributed by atoms with Gasteiger partial charge < -0.3 is 14.6 Å². The molecule has 5 rings (SSSR count). The molecule has 0 spiro atoms. The van der Waals surface area contributed by atoms with Crippen LogP contribution in [-0.2, 0) is 25.8 Å². The van der Waals surface area contributed by atoms with Gasteiger partial charge in [0.25, 0.3) is 5.91 Å². The molecular formula is C35H34Cl2FN3O6S. The van der Waals surface area contributed by atoms with Gasteiger partial charge in [0.15, 0.2) is 21.5 Å². The first-order valence-electron chi connectivity index (χ1n) is 15.2. The molecule has 0 saturated carbocycles. The van der Waals surface area contributed by atoms with E-state index in [1.54, 1.807) is 72.8 Å². The number of nitrogens with one attached hydrogen (secondary N) is 2. The second-order valence-electron chi connectivity index (χ2n) is 11.1. The molecule has 4 aromatic carbocycles. The fourth-order valence-electron chi connectivity index (χ4n) is 5.25. The van der Waals surface area contributed by atoms with Crippen molar-refractivity contribution in [2.24, 2.45) is 4.99 Å². The smallest absolute Gasteiger partial charge is 0.266 e. The van der Waals surface area contributed by atoms with Crippen molar-refractivity contribution >= 4 is 44.8 Å². The Bertz CT molecular complexity index is 1860. The molecular weight excluding hydrogens is 680 g/mol. The molecule has 13 heteroatoms. The van der Waals surface area contributed by atoms with Crippen LogP contribution < -0.4 is 15.6 Å². The van der Waals surface area contributed by atoms with Crippen molar-refractivity contribution in [1.82, 2.24) is 10.9 Å². The fraction of sp³-hybridized carbons (Fsp3) is 0.257. The number of sulfone groups is 1. The maximum atomic E-state index is 14.3. The number of aliphatic imine (C=N–C) groups is 1. The summed E-state index contributed by atoms with van der Waals surface area (Å²) < 4.78 is 53.3. The van der Waals surface area contributed by atoms with Crippen LogP contribution in [0.1, 0.15) is 35.6 Å². The standard InChI is InChI=1S/C35H34Cl2FN3O6S/c36-26-13-16-29(30(37)23-26)32-35(18-22-48(44,45)28-8-2-1-3-9-28,34(43)41-39-19-17-24-7-4-5-10-31(24)38)40-33(47-32)25-11-14-27(15-12-25)46-21-6-20-42/h1-5,7-16,23,32,39,42H,6,17-22H2,(H,41,43)/t32-,35-/m0/s1. The van der Waals surface area contributed by atoms with E-state index in [2.05, 4.69) is 10.9 Å². The molecule has 0 aromatic heterocycles. The van der Waals surface area contributed by atoms with Gasteiger partial charge in [-0.3, -0.25) is 10.2 Å². The zero-order chi connectivity index (χ0) is 34.1. The first-order chi connectivity index (χ1) is 23.1. The van der Waals surface area contributed by atoms with Crippen molar-refractivity contribution in [2.75, 3.05) is 25.5 Å². The third kappa shape index (κ3) is 8.34. The van der Waals surface area contributed by atoms with Gasteiger partial charge in [-0.25, -0.2) is 23.2 Å². The Morgan fingerprint density at radius 3 is 2.44 bits per heavy atom. The minimum Gasteiger partial charge on any atom is -0.494 e. The van der Waals surface area contributed by atoms with Gasteiger partial charge in [-0.05, 0) is 66.6 Å². The predicted octanol–water partition coefficient (Wildman–Crippen LogP) is 5.88. The molecule has 3 N–H and O–H groups in total. The third-order valence-electron chi connectivity index (χ3n) is 7.81. The van der Waals surface area contributed by atoms with Gasteiger partial charge in [-0.15, -0.1) is 0 Å². The lowest BCUT2D eigenvalue weighted by Gasteiger charge is -2.31. The number of halogens is 3. The number of hydrogen-bond donors (Lipinski definition) is 3. The van der Waals surface area contributed by atoms with Gasteiger partial charge in [0.1, 0.15) is 11.6 Å². The molecule has 0 unspecified atom stereocenters. The molecule has 0 aliphatic carbocycles. The van der Waals surface area contributed by atoms with Crippen LogP contribution in [0.15, 0.2) is 107 Å². The number of benzene rings is 4. The minimum absolute atomic E-state index is 0.000482. The van der Waals surface area contributed by atoms with Crippen LogP contribution in [0.4, 0.5) is 4.39 Å². The van der Waals surface area contributed by atoms with Gasteiger partial charge in [0, 0.05) is 47.2 Å². The topological polar surface area (TPSA) is 126 Å². The Kier molecular flexibility index (Phi) is 11.7. The lowest BCUT2D eigenvalue weighted by molar-refractivity contribution is -0.130. The Balaban J connectivity index is 1.51. The molecule has 0 fully saturated rings. The summed E-state index contributed by atoms with van der Waals surface area (Å²) in [5.41, 5.74) is 5.03. The number of hydrazine groups is 1. The van der Waals surface area contributed by atoms with Crippen LogP contribution in [-0.4, -0.2) is 56.4 Å². The highest BCUT2D eigenvalue weighted by atomic mass is 35.5. The molecule has 4 aromatic rings. The summed E-state index contributed by atoms with van der Waals surface area (Å²) in [4.78, 5) is 19.2. The van der Waals surface area contributed by atoms with Crippen molar-refractivity contribution in [3.8, 4) is 5.75 Å². The molecule has 1 aliphatic rings. The number of amides is 1. The molecule has 48 heavy (non-hydrogen) atoms. The van der Waals surface area contributed by atoms with Gasteiger partial charge in [-0.2, -0.15) is 0 Å². The number of hydrogen-bond acceptors (Lipinski definition) is 8. The predicted molar refractivity (Wildman–Crippen MR) is 183 cm³/mol. The number of aliphatic hydroxyl groups is 1. The SMILES string of the molecule is O=C(NNCCc1ccccc1F)[C@@]1(CCS(=O)(=O)c2ccccc2)N=C(c2ccc(OCCCO)cc2)O[C@H]1c1ccc(Cl)cc1Cl. The quantitative estimate of drug-likeness (QED) is 0.104. The third-order valence-corrected chi connectivity index (χ3v) is 10.1. The number of aliphatic hydroxyl groups excluding tert-OH is 1. The van der Waals surface area contributed by atoms with Crippen molar-refractivity contribution in [3.63, 3.8) is 0 Å². The second kappa shape index (κ2) is 15.9. The van der Waals surface area contributed by atoms with Gasteiger partial charge >= 0.3 is 0 Å². The molecule has 0 saturated heterocycles. The van der Waals surface area contributed by atoms with E-state index in [0.717, 1.165) is 0 Å². The summed E-state index contributed by atoms with van der Waals surface area (Å²) in [5, 5.41) is 9.61. The highest BCUT2D eigenvalue weighted by Crippen LogP contribution is 2.45. The number of carbonyl (C=O) groups excluding carboxylic acids is 1. The van der Waals surface area contributed by atoms with Crippen molar-refractivity contribution < 1.29 is 32.2 Å². The molecule has 252 valence electrons. The highest BCUT2D eigenvalue weighted by molar-refractivity contribution is 7.91. The summed E-state index contributed by atoms with van der Waals surface area (Å²) in [6.07, 6.45) is -0.691. The van der Waals surface area contributed by atoms with Crippen molar-refractivity contribution in [1.29, 1.82) is 0 Å². The van der Waals surface area contributed by atoms with Gasteiger partial charge in [0.2, 0.25) is 5.90 Å². The average molecular weight is 715 g/mol. The molecule has 1 aliphatic heterocycles. The van der Waals surface area contributed by atoms with E-state index in [4.69, 9.17) is 42.8 Å². The van der Waals surface area contributed by atoms with Crippen LogP contribution in [0.25, 0.3) is 0 Å². The zero-order valence-electron chi connectivity index (χ0n) is 25.7. The average Bonchev–Trinajstić information content (AvgIpc) is 3.48. The van der Waals surface area contributed by atoms with Gasteiger partial charge in [-0.1, -0.05) is 65.7 Å². The first-order valence-corrected chi connectivity index (χ1v) is 17.6. The fourth-order valence-corrected chi connectivity index (χ4v) is 7.14. The lowest BCUT2D eigenvalue weighted by atomic mass is 9.85. The van der Waals surface area contributed by atoms with E-state index in [0.29, 0.717) is 40.5 Å². The Morgan fingerprint density at radius 1 is 1.00 bits per heavy atom. The maximum absolute atomic E-state index is 14.3. The normalized spacial score (nSPS) is 17.4. The van der Waals surface area contributed by atoms with Crippen LogP contribution in [0.2, 0.25) is 10.0 Å². The zero-order valence-corrected chi connectivity index (χ0v) is 28.1. The number of ether oxygens (including phenoxy) is 2. The molecule has 1 amide bonds. The van der Waals surface area contributed by atoms with E-state index < -0.39 is 33.1 Å². The summed E-state index contributed by atoms with van der Waals surface area (Å²) in [6.45, 7) is 0.500. The summed E-state index contributed by atoms with van der Waals surface area (Å²) >= 11 is 12.9.